The zero-order chi connectivity index (χ0) is 16.7. The van der Waals surface area contributed by atoms with Crippen molar-refractivity contribution >= 4 is 11.9 Å². The first-order valence-electron chi connectivity index (χ1n) is 7.78. The fraction of sp³-hybridized carbons (Fsp3) is 0.529. The highest BCUT2D eigenvalue weighted by Crippen LogP contribution is 2.29. The second-order valence-corrected chi connectivity index (χ2v) is 5.15. The van der Waals surface area contributed by atoms with Crippen LogP contribution in [0.1, 0.15) is 25.7 Å². The molecule has 2 rings (SSSR count). The first kappa shape index (κ1) is 17.4. The SMILES string of the molecule is CCOC(=O)C(C(=O)OCC)C1COC(c2ccccc2)OC1. The maximum atomic E-state index is 12.1. The van der Waals surface area contributed by atoms with Crippen LogP contribution in [0.5, 0.6) is 0 Å². The lowest BCUT2D eigenvalue weighted by atomic mass is 9.93. The Hall–Kier alpha value is -1.92. The standard InChI is InChI=1S/C17H22O6/c1-3-20-15(18)14(16(19)21-4-2)13-10-22-17(23-11-13)12-8-6-5-7-9-12/h5-9,13-14,17H,3-4,10-11H2,1-2H3. The molecule has 1 saturated heterocycles. The maximum Gasteiger partial charge on any atom is 0.320 e. The van der Waals surface area contributed by atoms with Gasteiger partial charge in [-0.25, -0.2) is 0 Å². The van der Waals surface area contributed by atoms with Gasteiger partial charge >= 0.3 is 11.9 Å². The molecule has 126 valence electrons. The van der Waals surface area contributed by atoms with Gasteiger partial charge in [0.2, 0.25) is 0 Å². The molecule has 0 aromatic heterocycles. The van der Waals surface area contributed by atoms with Crippen LogP contribution in [0.15, 0.2) is 30.3 Å². The topological polar surface area (TPSA) is 71.1 Å². The minimum Gasteiger partial charge on any atom is -0.465 e. The van der Waals surface area contributed by atoms with Gasteiger partial charge in [0, 0.05) is 11.5 Å². The molecule has 1 aliphatic rings. The molecule has 0 spiro atoms. The normalized spacial score (nSPS) is 21.0. The Bertz CT molecular complexity index is 489. The van der Waals surface area contributed by atoms with Gasteiger partial charge in [-0.1, -0.05) is 30.3 Å². The van der Waals surface area contributed by atoms with E-state index in [0.29, 0.717) is 0 Å². The molecule has 0 amide bonds. The third-order valence-electron chi connectivity index (χ3n) is 3.55. The van der Waals surface area contributed by atoms with Gasteiger partial charge in [-0.3, -0.25) is 9.59 Å². The lowest BCUT2D eigenvalue weighted by Crippen LogP contribution is -2.41. The average Bonchev–Trinajstić information content (AvgIpc) is 2.57. The Balaban J connectivity index is 2.01. The summed E-state index contributed by atoms with van der Waals surface area (Å²) in [4.78, 5) is 24.2. The fourth-order valence-corrected chi connectivity index (χ4v) is 2.46. The molecule has 0 atom stereocenters. The first-order valence-corrected chi connectivity index (χ1v) is 7.78. The number of hydrogen-bond acceptors (Lipinski definition) is 6. The van der Waals surface area contributed by atoms with E-state index in [1.165, 1.54) is 0 Å². The van der Waals surface area contributed by atoms with Crippen molar-refractivity contribution in [1.29, 1.82) is 0 Å². The highest BCUT2D eigenvalue weighted by molar-refractivity contribution is 5.95. The lowest BCUT2D eigenvalue weighted by molar-refractivity contribution is -0.218. The molecular weight excluding hydrogens is 300 g/mol. The summed E-state index contributed by atoms with van der Waals surface area (Å²) < 4.78 is 21.3. The number of benzene rings is 1. The molecule has 1 heterocycles. The van der Waals surface area contributed by atoms with E-state index in [0.717, 1.165) is 5.56 Å². The van der Waals surface area contributed by atoms with Crippen molar-refractivity contribution in [3.8, 4) is 0 Å². The van der Waals surface area contributed by atoms with Gasteiger partial charge < -0.3 is 18.9 Å². The van der Waals surface area contributed by atoms with Crippen LogP contribution in [-0.2, 0) is 28.5 Å². The fourth-order valence-electron chi connectivity index (χ4n) is 2.46. The molecule has 1 fully saturated rings. The molecule has 0 unspecified atom stereocenters. The van der Waals surface area contributed by atoms with E-state index in [1.54, 1.807) is 13.8 Å². The molecule has 0 saturated carbocycles. The number of ether oxygens (including phenoxy) is 4. The van der Waals surface area contributed by atoms with Gasteiger partial charge in [-0.2, -0.15) is 0 Å². The van der Waals surface area contributed by atoms with Gasteiger partial charge in [0.05, 0.1) is 26.4 Å². The van der Waals surface area contributed by atoms with Crippen LogP contribution in [-0.4, -0.2) is 38.4 Å². The Morgan fingerprint density at radius 3 is 2.04 bits per heavy atom. The monoisotopic (exact) mass is 322 g/mol. The smallest absolute Gasteiger partial charge is 0.320 e. The van der Waals surface area contributed by atoms with Gasteiger partial charge in [-0.15, -0.1) is 0 Å². The summed E-state index contributed by atoms with van der Waals surface area (Å²) in [6.07, 6.45) is -0.488. The van der Waals surface area contributed by atoms with E-state index in [2.05, 4.69) is 0 Å². The van der Waals surface area contributed by atoms with Crippen LogP contribution in [0.4, 0.5) is 0 Å². The highest BCUT2D eigenvalue weighted by atomic mass is 16.7. The number of carbonyl (C=O) groups excluding carboxylic acids is 2. The summed E-state index contributed by atoms with van der Waals surface area (Å²) in [6, 6.07) is 9.51. The van der Waals surface area contributed by atoms with Gasteiger partial charge in [-0.05, 0) is 13.8 Å². The van der Waals surface area contributed by atoms with Crippen molar-refractivity contribution in [1.82, 2.24) is 0 Å². The zero-order valence-corrected chi connectivity index (χ0v) is 13.4. The summed E-state index contributed by atoms with van der Waals surface area (Å²) in [5, 5.41) is 0. The van der Waals surface area contributed by atoms with E-state index in [4.69, 9.17) is 18.9 Å². The summed E-state index contributed by atoms with van der Waals surface area (Å²) in [5.74, 6) is -2.64. The van der Waals surface area contributed by atoms with Crippen LogP contribution in [0, 0.1) is 11.8 Å². The van der Waals surface area contributed by atoms with Crippen LogP contribution in [0.2, 0.25) is 0 Å². The van der Waals surface area contributed by atoms with Gasteiger partial charge in [0.15, 0.2) is 12.2 Å². The number of esters is 2. The molecule has 0 radical (unpaired) electrons. The minimum absolute atomic E-state index is 0.204. The number of hydrogen-bond donors (Lipinski definition) is 0. The van der Waals surface area contributed by atoms with Crippen LogP contribution < -0.4 is 0 Å². The summed E-state index contributed by atoms with van der Waals surface area (Å²) in [7, 11) is 0. The molecule has 0 aliphatic carbocycles. The van der Waals surface area contributed by atoms with Crippen molar-refractivity contribution < 1.29 is 28.5 Å². The lowest BCUT2D eigenvalue weighted by Gasteiger charge is -2.32. The van der Waals surface area contributed by atoms with Crippen LogP contribution in [0.3, 0.4) is 0 Å². The Morgan fingerprint density at radius 1 is 1.04 bits per heavy atom. The molecule has 6 nitrogen and oxygen atoms in total. The molecule has 0 bridgehead atoms. The Morgan fingerprint density at radius 2 is 1.57 bits per heavy atom. The van der Waals surface area contributed by atoms with E-state index >= 15 is 0 Å². The van der Waals surface area contributed by atoms with Crippen molar-refractivity contribution in [3.05, 3.63) is 35.9 Å². The van der Waals surface area contributed by atoms with Crippen LogP contribution >= 0.6 is 0 Å². The predicted molar refractivity (Wildman–Crippen MR) is 81.3 cm³/mol. The second-order valence-electron chi connectivity index (χ2n) is 5.15. The highest BCUT2D eigenvalue weighted by Gasteiger charge is 2.40. The van der Waals surface area contributed by atoms with E-state index in [9.17, 15) is 9.59 Å². The third-order valence-corrected chi connectivity index (χ3v) is 3.55. The third kappa shape index (κ3) is 4.53. The molecule has 1 aromatic rings. The molecule has 1 aromatic carbocycles. The van der Waals surface area contributed by atoms with Crippen molar-refractivity contribution in [2.45, 2.75) is 20.1 Å². The summed E-state index contributed by atoms with van der Waals surface area (Å²) in [6.45, 7) is 4.24. The molecule has 6 heteroatoms. The summed E-state index contributed by atoms with van der Waals surface area (Å²) >= 11 is 0. The van der Waals surface area contributed by atoms with Crippen molar-refractivity contribution in [2.24, 2.45) is 11.8 Å². The predicted octanol–water partition coefficient (Wildman–Crippen LogP) is 2.09. The van der Waals surface area contributed by atoms with Crippen molar-refractivity contribution in [3.63, 3.8) is 0 Å². The molecule has 0 N–H and O–H groups in total. The Labute approximate surface area is 135 Å². The van der Waals surface area contributed by atoms with E-state index in [1.807, 2.05) is 30.3 Å². The average molecular weight is 322 g/mol. The molecule has 1 aliphatic heterocycles. The molecular formula is C17H22O6. The second kappa shape index (κ2) is 8.64. The van der Waals surface area contributed by atoms with Gasteiger partial charge in [0.25, 0.3) is 0 Å². The largest absolute Gasteiger partial charge is 0.465 e. The van der Waals surface area contributed by atoms with Crippen molar-refractivity contribution in [2.75, 3.05) is 26.4 Å². The van der Waals surface area contributed by atoms with Gasteiger partial charge in [0.1, 0.15) is 0 Å². The first-order chi connectivity index (χ1) is 11.2. The molecule has 23 heavy (non-hydrogen) atoms. The maximum absolute atomic E-state index is 12.1. The zero-order valence-electron chi connectivity index (χ0n) is 13.4. The Kier molecular flexibility index (Phi) is 6.55. The summed E-state index contributed by atoms with van der Waals surface area (Å²) in [5.41, 5.74) is 0.898. The van der Waals surface area contributed by atoms with E-state index < -0.39 is 30.1 Å². The quantitative estimate of drug-likeness (QED) is 0.590. The number of rotatable bonds is 6. The van der Waals surface area contributed by atoms with Crippen LogP contribution in [0.25, 0.3) is 0 Å². The van der Waals surface area contributed by atoms with E-state index in [-0.39, 0.29) is 26.4 Å². The number of carbonyl (C=O) groups is 2. The minimum atomic E-state index is -1.02.